The molecule has 1 fully saturated rings. The number of nitrogens with zero attached hydrogens (tertiary/aromatic N) is 2. The largest absolute Gasteiger partial charge is 0.342 e. The SMILES string of the molecule is CCN(CC)C(=O)C(C)(C)C(=O)N1CCCCC1. The first-order chi connectivity index (χ1) is 8.45. The molecule has 0 spiro atoms. The van der Waals surface area contributed by atoms with Gasteiger partial charge in [0.15, 0.2) is 0 Å². The normalized spacial score (nSPS) is 16.6. The van der Waals surface area contributed by atoms with Crippen LogP contribution in [0.15, 0.2) is 0 Å². The van der Waals surface area contributed by atoms with Gasteiger partial charge in [0.2, 0.25) is 11.8 Å². The number of hydrogen-bond donors (Lipinski definition) is 0. The smallest absolute Gasteiger partial charge is 0.237 e. The standard InChI is InChI=1S/C14H26N2O2/c1-5-15(6-2)12(17)14(3,4)13(18)16-10-8-7-9-11-16/h5-11H2,1-4H3. The van der Waals surface area contributed by atoms with Crippen molar-refractivity contribution >= 4 is 11.8 Å². The van der Waals surface area contributed by atoms with E-state index in [1.165, 1.54) is 6.42 Å². The molecule has 0 aromatic carbocycles. The number of piperidine rings is 1. The molecule has 0 unspecified atom stereocenters. The number of likely N-dealkylation sites (tertiary alicyclic amines) is 1. The van der Waals surface area contributed by atoms with Crippen molar-refractivity contribution in [2.75, 3.05) is 26.2 Å². The van der Waals surface area contributed by atoms with Crippen molar-refractivity contribution < 1.29 is 9.59 Å². The van der Waals surface area contributed by atoms with Crippen LogP contribution in [-0.4, -0.2) is 47.8 Å². The zero-order valence-electron chi connectivity index (χ0n) is 12.2. The second-order valence-electron chi connectivity index (χ2n) is 5.46. The molecule has 1 rings (SSSR count). The summed E-state index contributed by atoms with van der Waals surface area (Å²) in [5.74, 6) is -0.0674. The predicted octanol–water partition coefficient (Wildman–Crippen LogP) is 1.89. The fourth-order valence-corrected chi connectivity index (χ4v) is 2.49. The Morgan fingerprint density at radius 1 is 1.06 bits per heavy atom. The third-order valence-corrected chi connectivity index (χ3v) is 3.76. The van der Waals surface area contributed by atoms with E-state index < -0.39 is 5.41 Å². The van der Waals surface area contributed by atoms with E-state index in [-0.39, 0.29) is 11.8 Å². The minimum absolute atomic E-state index is 0.0147. The van der Waals surface area contributed by atoms with Gasteiger partial charge >= 0.3 is 0 Å². The molecule has 0 N–H and O–H groups in total. The predicted molar refractivity (Wildman–Crippen MR) is 72.1 cm³/mol. The van der Waals surface area contributed by atoms with Crippen molar-refractivity contribution in [3.63, 3.8) is 0 Å². The lowest BCUT2D eigenvalue weighted by atomic mass is 9.88. The first-order valence-electron chi connectivity index (χ1n) is 7.03. The van der Waals surface area contributed by atoms with Gasteiger partial charge in [-0.2, -0.15) is 0 Å². The Labute approximate surface area is 110 Å². The lowest BCUT2D eigenvalue weighted by molar-refractivity contribution is -0.154. The van der Waals surface area contributed by atoms with E-state index in [2.05, 4.69) is 0 Å². The van der Waals surface area contributed by atoms with Gasteiger partial charge in [-0.3, -0.25) is 9.59 Å². The highest BCUT2D eigenvalue weighted by Gasteiger charge is 2.41. The summed E-state index contributed by atoms with van der Waals surface area (Å²) >= 11 is 0. The Morgan fingerprint density at radius 3 is 2.00 bits per heavy atom. The molecule has 1 saturated heterocycles. The third kappa shape index (κ3) is 3.03. The van der Waals surface area contributed by atoms with Gasteiger partial charge in [-0.25, -0.2) is 0 Å². The van der Waals surface area contributed by atoms with Gasteiger partial charge in [0.05, 0.1) is 0 Å². The summed E-state index contributed by atoms with van der Waals surface area (Å²) in [6.45, 7) is 10.3. The first-order valence-corrected chi connectivity index (χ1v) is 7.03. The number of hydrogen-bond acceptors (Lipinski definition) is 2. The average molecular weight is 254 g/mol. The highest BCUT2D eigenvalue weighted by atomic mass is 16.2. The Morgan fingerprint density at radius 2 is 1.56 bits per heavy atom. The number of carbonyl (C=O) groups excluding carboxylic acids is 2. The molecule has 0 saturated carbocycles. The Hall–Kier alpha value is -1.06. The summed E-state index contributed by atoms with van der Waals surface area (Å²) < 4.78 is 0. The van der Waals surface area contributed by atoms with Crippen LogP contribution >= 0.6 is 0 Å². The van der Waals surface area contributed by atoms with Crippen LogP contribution in [-0.2, 0) is 9.59 Å². The quantitative estimate of drug-likeness (QED) is 0.719. The number of rotatable bonds is 4. The summed E-state index contributed by atoms with van der Waals surface area (Å²) in [6.07, 6.45) is 3.30. The molecule has 1 heterocycles. The highest BCUT2D eigenvalue weighted by molar-refractivity contribution is 6.04. The van der Waals surface area contributed by atoms with Gasteiger partial charge in [-0.15, -0.1) is 0 Å². The van der Waals surface area contributed by atoms with E-state index in [0.717, 1.165) is 25.9 Å². The molecule has 0 aromatic heterocycles. The lowest BCUT2D eigenvalue weighted by Gasteiger charge is -2.36. The van der Waals surface area contributed by atoms with Crippen molar-refractivity contribution in [2.45, 2.75) is 47.0 Å². The molecular weight excluding hydrogens is 228 g/mol. The Bertz CT molecular complexity index is 303. The maximum atomic E-state index is 12.5. The molecule has 1 aliphatic heterocycles. The first kappa shape index (κ1) is 15.0. The highest BCUT2D eigenvalue weighted by Crippen LogP contribution is 2.24. The number of amides is 2. The van der Waals surface area contributed by atoms with Gasteiger partial charge in [0.25, 0.3) is 0 Å². The van der Waals surface area contributed by atoms with Gasteiger partial charge in [0.1, 0.15) is 5.41 Å². The van der Waals surface area contributed by atoms with E-state index in [1.54, 1.807) is 18.7 Å². The number of carbonyl (C=O) groups is 2. The minimum atomic E-state index is -0.927. The summed E-state index contributed by atoms with van der Waals surface area (Å²) in [6, 6.07) is 0. The average Bonchev–Trinajstić information content (AvgIpc) is 2.40. The second kappa shape index (κ2) is 6.21. The van der Waals surface area contributed by atoms with Crippen LogP contribution in [0.3, 0.4) is 0 Å². The van der Waals surface area contributed by atoms with Crippen molar-refractivity contribution in [3.05, 3.63) is 0 Å². The maximum Gasteiger partial charge on any atom is 0.237 e. The lowest BCUT2D eigenvalue weighted by Crippen LogP contribution is -2.51. The molecule has 4 heteroatoms. The van der Waals surface area contributed by atoms with Crippen LogP contribution in [0.4, 0.5) is 0 Å². The molecule has 0 aromatic rings. The topological polar surface area (TPSA) is 40.6 Å². The molecule has 1 aliphatic rings. The van der Waals surface area contributed by atoms with E-state index in [9.17, 15) is 9.59 Å². The molecular formula is C14H26N2O2. The molecule has 4 nitrogen and oxygen atoms in total. The van der Waals surface area contributed by atoms with E-state index in [4.69, 9.17) is 0 Å². The van der Waals surface area contributed by atoms with Crippen molar-refractivity contribution in [2.24, 2.45) is 5.41 Å². The second-order valence-corrected chi connectivity index (χ2v) is 5.46. The van der Waals surface area contributed by atoms with Gasteiger partial charge in [0, 0.05) is 26.2 Å². The zero-order valence-corrected chi connectivity index (χ0v) is 12.2. The van der Waals surface area contributed by atoms with Crippen molar-refractivity contribution in [1.29, 1.82) is 0 Å². The van der Waals surface area contributed by atoms with Crippen LogP contribution in [0.25, 0.3) is 0 Å². The molecule has 104 valence electrons. The van der Waals surface area contributed by atoms with E-state index in [1.807, 2.05) is 18.7 Å². The zero-order chi connectivity index (χ0) is 13.8. The fraction of sp³-hybridized carbons (Fsp3) is 0.857. The summed E-state index contributed by atoms with van der Waals surface area (Å²) in [5.41, 5.74) is -0.927. The monoisotopic (exact) mass is 254 g/mol. The van der Waals surface area contributed by atoms with Gasteiger partial charge in [-0.1, -0.05) is 0 Å². The Balaban J connectivity index is 2.77. The van der Waals surface area contributed by atoms with Crippen LogP contribution in [0.5, 0.6) is 0 Å². The van der Waals surface area contributed by atoms with E-state index in [0.29, 0.717) is 13.1 Å². The van der Waals surface area contributed by atoms with Crippen LogP contribution in [0.1, 0.15) is 47.0 Å². The molecule has 0 atom stereocenters. The molecule has 0 aliphatic carbocycles. The molecule has 0 radical (unpaired) electrons. The summed E-state index contributed by atoms with van der Waals surface area (Å²) in [4.78, 5) is 28.5. The molecule has 18 heavy (non-hydrogen) atoms. The Kier molecular flexibility index (Phi) is 5.17. The van der Waals surface area contributed by atoms with Crippen LogP contribution < -0.4 is 0 Å². The molecule has 2 amide bonds. The van der Waals surface area contributed by atoms with E-state index >= 15 is 0 Å². The van der Waals surface area contributed by atoms with Gasteiger partial charge in [-0.05, 0) is 47.0 Å². The van der Waals surface area contributed by atoms with Gasteiger partial charge < -0.3 is 9.80 Å². The van der Waals surface area contributed by atoms with Crippen molar-refractivity contribution in [3.8, 4) is 0 Å². The fourth-order valence-electron chi connectivity index (χ4n) is 2.49. The summed E-state index contributed by atoms with van der Waals surface area (Å²) in [5, 5.41) is 0. The summed E-state index contributed by atoms with van der Waals surface area (Å²) in [7, 11) is 0. The van der Waals surface area contributed by atoms with Crippen molar-refractivity contribution in [1.82, 2.24) is 9.80 Å². The van der Waals surface area contributed by atoms with Crippen LogP contribution in [0, 0.1) is 5.41 Å². The molecule has 0 bridgehead atoms. The minimum Gasteiger partial charge on any atom is -0.342 e. The van der Waals surface area contributed by atoms with Crippen LogP contribution in [0.2, 0.25) is 0 Å². The maximum absolute atomic E-state index is 12.5. The third-order valence-electron chi connectivity index (χ3n) is 3.76.